The van der Waals surface area contributed by atoms with Crippen LogP contribution in [0, 0.1) is 0 Å². The van der Waals surface area contributed by atoms with Crippen molar-refractivity contribution < 1.29 is 9.53 Å². The Morgan fingerprint density at radius 2 is 2.55 bits per heavy atom. The van der Waals surface area contributed by atoms with Gasteiger partial charge in [-0.05, 0) is 6.92 Å². The number of carbonyl (C=O) groups is 1. The number of esters is 1. The highest BCUT2D eigenvalue weighted by Crippen LogP contribution is 2.02. The monoisotopic (exact) mass is 173 g/mol. The van der Waals surface area contributed by atoms with Crippen molar-refractivity contribution in [2.75, 3.05) is 6.61 Å². The zero-order valence-corrected chi connectivity index (χ0v) is 6.73. The number of hydrogen-bond donors (Lipinski definition) is 1. The molecule has 0 amide bonds. The standard InChI is InChI=1S/C6H7NO3S/c1-2-10-6(9)4-3-5(8)7-11-4/h3H,2H2,1H3,(H,7,8). The van der Waals surface area contributed by atoms with Crippen LogP contribution in [0.3, 0.4) is 0 Å². The minimum absolute atomic E-state index is 0.266. The summed E-state index contributed by atoms with van der Waals surface area (Å²) in [5.41, 5.74) is -0.266. The minimum atomic E-state index is -0.448. The number of rotatable bonds is 2. The molecule has 0 aliphatic heterocycles. The van der Waals surface area contributed by atoms with Crippen molar-refractivity contribution in [3.05, 3.63) is 21.3 Å². The van der Waals surface area contributed by atoms with Crippen LogP contribution in [0.15, 0.2) is 10.9 Å². The summed E-state index contributed by atoms with van der Waals surface area (Å²) < 4.78 is 7.05. The summed E-state index contributed by atoms with van der Waals surface area (Å²) in [6.07, 6.45) is 0. The van der Waals surface area contributed by atoms with Crippen molar-refractivity contribution in [1.82, 2.24) is 4.37 Å². The number of ether oxygens (including phenoxy) is 1. The maximum absolute atomic E-state index is 10.9. The van der Waals surface area contributed by atoms with Crippen LogP contribution in [0.1, 0.15) is 16.6 Å². The Morgan fingerprint density at radius 3 is 3.00 bits per heavy atom. The second-order valence-corrected chi connectivity index (χ2v) is 2.65. The Labute approximate surface area is 67.0 Å². The number of nitrogens with one attached hydrogen (secondary N) is 1. The summed E-state index contributed by atoms with van der Waals surface area (Å²) in [5, 5.41) is 0. The van der Waals surface area contributed by atoms with E-state index < -0.39 is 5.97 Å². The fraction of sp³-hybridized carbons (Fsp3) is 0.333. The maximum atomic E-state index is 10.9. The van der Waals surface area contributed by atoms with Gasteiger partial charge in [-0.1, -0.05) is 11.5 Å². The molecule has 1 heterocycles. The molecule has 0 aromatic carbocycles. The predicted octanol–water partition coefficient (Wildman–Crippen LogP) is 0.613. The largest absolute Gasteiger partial charge is 0.462 e. The lowest BCUT2D eigenvalue weighted by molar-refractivity contribution is 0.0532. The molecule has 0 bridgehead atoms. The minimum Gasteiger partial charge on any atom is -0.462 e. The van der Waals surface area contributed by atoms with Gasteiger partial charge in [0, 0.05) is 6.07 Å². The lowest BCUT2D eigenvalue weighted by Crippen LogP contribution is -2.02. The molecule has 5 heteroatoms. The normalized spacial score (nSPS) is 9.55. The van der Waals surface area contributed by atoms with E-state index in [-0.39, 0.29) is 5.56 Å². The van der Waals surface area contributed by atoms with Gasteiger partial charge in [-0.2, -0.15) is 0 Å². The zero-order chi connectivity index (χ0) is 8.27. The van der Waals surface area contributed by atoms with E-state index >= 15 is 0 Å². The van der Waals surface area contributed by atoms with Crippen LogP contribution < -0.4 is 5.56 Å². The smallest absolute Gasteiger partial charge is 0.350 e. The van der Waals surface area contributed by atoms with Gasteiger partial charge in [-0.3, -0.25) is 9.17 Å². The van der Waals surface area contributed by atoms with Crippen molar-refractivity contribution in [3.63, 3.8) is 0 Å². The molecule has 4 nitrogen and oxygen atoms in total. The van der Waals surface area contributed by atoms with Gasteiger partial charge >= 0.3 is 5.97 Å². The molecule has 0 unspecified atom stereocenters. The van der Waals surface area contributed by atoms with Crippen molar-refractivity contribution in [2.45, 2.75) is 6.92 Å². The van der Waals surface area contributed by atoms with E-state index in [0.717, 1.165) is 11.5 Å². The van der Waals surface area contributed by atoms with Crippen LogP contribution in [0.5, 0.6) is 0 Å². The summed E-state index contributed by atoms with van der Waals surface area (Å²) in [6.45, 7) is 2.04. The summed E-state index contributed by atoms with van der Waals surface area (Å²) in [5.74, 6) is -0.448. The Balaban J connectivity index is 2.76. The molecule has 1 aromatic rings. The van der Waals surface area contributed by atoms with Gasteiger partial charge in [0.25, 0.3) is 5.56 Å². The second kappa shape index (κ2) is 3.34. The lowest BCUT2D eigenvalue weighted by atomic mass is 10.5. The number of H-pyrrole nitrogens is 1. The molecule has 0 fully saturated rings. The molecule has 1 rings (SSSR count). The van der Waals surface area contributed by atoms with Crippen LogP contribution >= 0.6 is 11.5 Å². The summed E-state index contributed by atoms with van der Waals surface area (Å²) in [6, 6.07) is 1.22. The van der Waals surface area contributed by atoms with E-state index in [4.69, 9.17) is 0 Å². The molecule has 0 aliphatic carbocycles. The molecule has 0 radical (unpaired) electrons. The van der Waals surface area contributed by atoms with Gasteiger partial charge in [0.05, 0.1) is 6.61 Å². The Hall–Kier alpha value is -1.10. The average molecular weight is 173 g/mol. The number of carbonyl (C=O) groups excluding carboxylic acids is 1. The van der Waals surface area contributed by atoms with Crippen molar-refractivity contribution in [2.24, 2.45) is 0 Å². The fourth-order valence-electron chi connectivity index (χ4n) is 0.586. The highest BCUT2D eigenvalue weighted by Gasteiger charge is 2.08. The SMILES string of the molecule is CCOC(=O)c1cc(=O)[nH]s1. The lowest BCUT2D eigenvalue weighted by Gasteiger charge is -1.94. The first-order valence-electron chi connectivity index (χ1n) is 3.09. The van der Waals surface area contributed by atoms with Gasteiger partial charge in [0.2, 0.25) is 0 Å². The van der Waals surface area contributed by atoms with Crippen molar-refractivity contribution >= 4 is 17.5 Å². The van der Waals surface area contributed by atoms with Crippen LogP contribution in [0.2, 0.25) is 0 Å². The molecule has 0 saturated carbocycles. The van der Waals surface area contributed by atoms with E-state index in [2.05, 4.69) is 9.11 Å². The van der Waals surface area contributed by atoms with Gasteiger partial charge in [0.15, 0.2) is 0 Å². The Morgan fingerprint density at radius 1 is 1.82 bits per heavy atom. The van der Waals surface area contributed by atoms with Crippen LogP contribution in [-0.4, -0.2) is 16.9 Å². The van der Waals surface area contributed by atoms with E-state index in [1.54, 1.807) is 6.92 Å². The molecule has 60 valence electrons. The van der Waals surface area contributed by atoms with E-state index in [1.807, 2.05) is 0 Å². The number of hydrogen-bond acceptors (Lipinski definition) is 4. The number of aromatic amines is 1. The quantitative estimate of drug-likeness (QED) is 0.667. The first-order chi connectivity index (χ1) is 5.24. The Bertz CT molecular complexity index is 301. The summed E-state index contributed by atoms with van der Waals surface area (Å²) >= 11 is 0.986. The van der Waals surface area contributed by atoms with Gasteiger partial charge in [-0.15, -0.1) is 0 Å². The molecular formula is C6H7NO3S. The van der Waals surface area contributed by atoms with Gasteiger partial charge in [-0.25, -0.2) is 4.79 Å². The third kappa shape index (κ3) is 1.91. The third-order valence-corrected chi connectivity index (χ3v) is 1.81. The van der Waals surface area contributed by atoms with Gasteiger partial charge in [0.1, 0.15) is 4.88 Å². The molecule has 0 atom stereocenters. The van der Waals surface area contributed by atoms with Crippen molar-refractivity contribution in [1.29, 1.82) is 0 Å². The highest BCUT2D eigenvalue weighted by molar-refractivity contribution is 7.07. The molecule has 0 spiro atoms. The van der Waals surface area contributed by atoms with Crippen LogP contribution in [0.25, 0.3) is 0 Å². The first kappa shape index (κ1) is 8.00. The zero-order valence-electron chi connectivity index (χ0n) is 5.92. The van der Waals surface area contributed by atoms with E-state index in [9.17, 15) is 9.59 Å². The average Bonchev–Trinajstić information content (AvgIpc) is 2.36. The summed E-state index contributed by atoms with van der Waals surface area (Å²) in [7, 11) is 0. The topological polar surface area (TPSA) is 59.2 Å². The fourth-order valence-corrected chi connectivity index (χ4v) is 1.16. The highest BCUT2D eigenvalue weighted by atomic mass is 32.1. The van der Waals surface area contributed by atoms with Crippen LogP contribution in [0.4, 0.5) is 0 Å². The first-order valence-corrected chi connectivity index (χ1v) is 3.91. The van der Waals surface area contributed by atoms with Gasteiger partial charge < -0.3 is 4.74 Å². The third-order valence-electron chi connectivity index (χ3n) is 1.00. The molecule has 11 heavy (non-hydrogen) atoms. The molecule has 1 N–H and O–H groups in total. The number of aromatic nitrogens is 1. The summed E-state index contributed by atoms with van der Waals surface area (Å²) in [4.78, 5) is 21.7. The van der Waals surface area contributed by atoms with E-state index in [0.29, 0.717) is 11.5 Å². The molecule has 0 saturated heterocycles. The molecular weight excluding hydrogens is 166 g/mol. The Kier molecular flexibility index (Phi) is 2.43. The second-order valence-electron chi connectivity index (χ2n) is 1.80. The van der Waals surface area contributed by atoms with Crippen LogP contribution in [-0.2, 0) is 4.74 Å². The maximum Gasteiger partial charge on any atom is 0.350 e. The van der Waals surface area contributed by atoms with Crippen molar-refractivity contribution in [3.8, 4) is 0 Å². The molecule has 0 aliphatic rings. The van der Waals surface area contributed by atoms with E-state index in [1.165, 1.54) is 6.07 Å². The molecule has 1 aromatic heterocycles. The predicted molar refractivity (Wildman–Crippen MR) is 40.9 cm³/mol.